The van der Waals surface area contributed by atoms with E-state index in [1.54, 1.807) is 0 Å². The van der Waals surface area contributed by atoms with Crippen LogP contribution in [0.25, 0.3) is 0 Å². The Hall–Kier alpha value is -0.110. The lowest BCUT2D eigenvalue weighted by molar-refractivity contribution is 0.291. The summed E-state index contributed by atoms with van der Waals surface area (Å²) < 4.78 is 12.4. The Morgan fingerprint density at radius 1 is 1.67 bits per heavy atom. The van der Waals surface area contributed by atoms with Gasteiger partial charge in [-0.1, -0.05) is 6.92 Å². The molecule has 0 aromatic carbocycles. The van der Waals surface area contributed by atoms with E-state index in [0.29, 0.717) is 6.54 Å². The fourth-order valence-corrected chi connectivity index (χ4v) is 1.21. The van der Waals surface area contributed by atoms with Crippen LogP contribution in [0, 0.1) is 6.92 Å². The highest BCUT2D eigenvalue weighted by Crippen LogP contribution is 2.11. The monoisotopic (exact) mass is 130 g/mol. The van der Waals surface area contributed by atoms with Crippen LogP contribution < -0.4 is 0 Å². The molecule has 1 heterocycles. The second-order valence-electron chi connectivity index (χ2n) is 2.54. The van der Waals surface area contributed by atoms with Gasteiger partial charge in [-0.05, 0) is 19.4 Å². The minimum atomic E-state index is -0.573. The molecular formula is C7H13FN. The maximum Gasteiger partial charge on any atom is 0.114 e. The van der Waals surface area contributed by atoms with Crippen LogP contribution >= 0.6 is 0 Å². The normalized spacial score (nSPS) is 29.3. The van der Waals surface area contributed by atoms with E-state index in [9.17, 15) is 4.39 Å². The Kier molecular flexibility index (Phi) is 2.46. The molecule has 2 heteroatoms. The summed E-state index contributed by atoms with van der Waals surface area (Å²) in [6.07, 6.45) is 1.05. The maximum atomic E-state index is 12.4. The van der Waals surface area contributed by atoms with Crippen LogP contribution in [-0.2, 0) is 0 Å². The van der Waals surface area contributed by atoms with E-state index in [0.717, 1.165) is 25.9 Å². The molecule has 1 aliphatic heterocycles. The van der Waals surface area contributed by atoms with Crippen molar-refractivity contribution in [3.05, 3.63) is 6.92 Å². The van der Waals surface area contributed by atoms with Gasteiger partial charge in [-0.15, -0.1) is 0 Å². The molecule has 0 aliphatic carbocycles. The van der Waals surface area contributed by atoms with Gasteiger partial charge < -0.3 is 4.90 Å². The molecule has 0 bridgehead atoms. The van der Waals surface area contributed by atoms with E-state index in [2.05, 4.69) is 11.8 Å². The van der Waals surface area contributed by atoms with Crippen LogP contribution in [0.3, 0.4) is 0 Å². The van der Waals surface area contributed by atoms with Gasteiger partial charge in [0.15, 0.2) is 0 Å². The molecule has 0 saturated carbocycles. The van der Waals surface area contributed by atoms with Crippen molar-refractivity contribution in [1.29, 1.82) is 0 Å². The summed E-state index contributed by atoms with van der Waals surface area (Å²) in [5, 5.41) is 0. The number of hydrogen-bond donors (Lipinski definition) is 0. The quantitative estimate of drug-likeness (QED) is 0.544. The maximum absolute atomic E-state index is 12.4. The summed E-state index contributed by atoms with van der Waals surface area (Å²) in [5.74, 6) is 0. The van der Waals surface area contributed by atoms with Crippen molar-refractivity contribution < 1.29 is 4.39 Å². The minimum absolute atomic E-state index is 0.573. The Morgan fingerprint density at radius 3 is 2.89 bits per heavy atom. The van der Waals surface area contributed by atoms with Gasteiger partial charge in [0.05, 0.1) is 0 Å². The third-order valence-electron chi connectivity index (χ3n) is 1.69. The van der Waals surface area contributed by atoms with Gasteiger partial charge in [-0.3, -0.25) is 0 Å². The molecule has 1 nitrogen and oxygen atoms in total. The standard InChI is InChI=1S/C7H13FN/c1-2-4-9-5-3-7(8)6-9/h7H,1-6H2. The van der Waals surface area contributed by atoms with Crippen molar-refractivity contribution in [3.8, 4) is 0 Å². The van der Waals surface area contributed by atoms with E-state index in [1.165, 1.54) is 0 Å². The van der Waals surface area contributed by atoms with Crippen LogP contribution in [-0.4, -0.2) is 30.7 Å². The Balaban J connectivity index is 2.14. The summed E-state index contributed by atoms with van der Waals surface area (Å²) >= 11 is 0. The number of nitrogens with zero attached hydrogens (tertiary/aromatic N) is 1. The first-order chi connectivity index (χ1) is 4.33. The van der Waals surface area contributed by atoms with Crippen molar-refractivity contribution in [2.24, 2.45) is 0 Å². The largest absolute Gasteiger partial charge is 0.300 e. The lowest BCUT2D eigenvalue weighted by atomic mass is 10.3. The molecule has 0 aromatic rings. The zero-order valence-electron chi connectivity index (χ0n) is 5.65. The van der Waals surface area contributed by atoms with E-state index >= 15 is 0 Å². The predicted octanol–water partition coefficient (Wildman–Crippen LogP) is 1.25. The van der Waals surface area contributed by atoms with Crippen LogP contribution in [0.2, 0.25) is 0 Å². The Morgan fingerprint density at radius 2 is 2.44 bits per heavy atom. The zero-order chi connectivity index (χ0) is 6.69. The number of likely N-dealkylation sites (tertiary alicyclic amines) is 1. The molecule has 1 aliphatic rings. The highest BCUT2D eigenvalue weighted by atomic mass is 19.1. The average Bonchev–Trinajstić information content (AvgIpc) is 2.17. The lowest BCUT2D eigenvalue weighted by Gasteiger charge is -2.11. The SMILES string of the molecule is [CH2]CCN1CCC(F)C1. The average molecular weight is 130 g/mol. The van der Waals surface area contributed by atoms with E-state index in [4.69, 9.17) is 0 Å². The van der Waals surface area contributed by atoms with Crippen molar-refractivity contribution in [2.75, 3.05) is 19.6 Å². The molecular weight excluding hydrogens is 117 g/mol. The van der Waals surface area contributed by atoms with Gasteiger partial charge in [-0.2, -0.15) is 0 Å². The van der Waals surface area contributed by atoms with Gasteiger partial charge in [0.2, 0.25) is 0 Å². The van der Waals surface area contributed by atoms with E-state index < -0.39 is 6.17 Å². The molecule has 0 amide bonds. The molecule has 1 rings (SSSR count). The Labute approximate surface area is 55.8 Å². The van der Waals surface area contributed by atoms with Crippen molar-refractivity contribution in [3.63, 3.8) is 0 Å². The number of alkyl halides is 1. The third kappa shape index (κ3) is 1.94. The van der Waals surface area contributed by atoms with Gasteiger partial charge in [0.1, 0.15) is 6.17 Å². The van der Waals surface area contributed by atoms with Gasteiger partial charge in [-0.25, -0.2) is 4.39 Å². The first-order valence-corrected chi connectivity index (χ1v) is 3.48. The smallest absolute Gasteiger partial charge is 0.114 e. The molecule has 0 aromatic heterocycles. The molecule has 1 unspecified atom stereocenters. The second-order valence-corrected chi connectivity index (χ2v) is 2.54. The molecule has 0 spiro atoms. The summed E-state index contributed by atoms with van der Waals surface area (Å²) in [6.45, 7) is 6.23. The fraction of sp³-hybridized carbons (Fsp3) is 0.857. The highest BCUT2D eigenvalue weighted by molar-refractivity contribution is 4.74. The molecule has 9 heavy (non-hydrogen) atoms. The molecule has 1 fully saturated rings. The van der Waals surface area contributed by atoms with Gasteiger partial charge in [0.25, 0.3) is 0 Å². The lowest BCUT2D eigenvalue weighted by Crippen LogP contribution is -2.21. The van der Waals surface area contributed by atoms with Crippen LogP contribution in [0.1, 0.15) is 12.8 Å². The topological polar surface area (TPSA) is 3.24 Å². The fourth-order valence-electron chi connectivity index (χ4n) is 1.21. The first-order valence-electron chi connectivity index (χ1n) is 3.48. The minimum Gasteiger partial charge on any atom is -0.300 e. The van der Waals surface area contributed by atoms with E-state index in [-0.39, 0.29) is 0 Å². The van der Waals surface area contributed by atoms with Crippen molar-refractivity contribution in [2.45, 2.75) is 19.0 Å². The van der Waals surface area contributed by atoms with E-state index in [1.807, 2.05) is 0 Å². The summed E-state index contributed by atoms with van der Waals surface area (Å²) in [4.78, 5) is 2.12. The number of rotatable bonds is 2. The molecule has 1 saturated heterocycles. The number of hydrogen-bond acceptors (Lipinski definition) is 1. The van der Waals surface area contributed by atoms with Crippen molar-refractivity contribution in [1.82, 2.24) is 4.90 Å². The van der Waals surface area contributed by atoms with Crippen LogP contribution in [0.4, 0.5) is 4.39 Å². The number of halogens is 1. The molecule has 1 atom stereocenters. The molecule has 1 radical (unpaired) electrons. The highest BCUT2D eigenvalue weighted by Gasteiger charge is 2.19. The van der Waals surface area contributed by atoms with Gasteiger partial charge in [0, 0.05) is 13.1 Å². The Bertz CT molecular complexity index is 83.0. The van der Waals surface area contributed by atoms with Gasteiger partial charge >= 0.3 is 0 Å². The van der Waals surface area contributed by atoms with Crippen molar-refractivity contribution >= 4 is 0 Å². The molecule has 0 N–H and O–H groups in total. The summed E-state index contributed by atoms with van der Waals surface area (Å²) in [5.41, 5.74) is 0. The summed E-state index contributed by atoms with van der Waals surface area (Å²) in [7, 11) is 0. The molecule has 53 valence electrons. The first kappa shape index (κ1) is 7.00. The predicted molar refractivity (Wildman–Crippen MR) is 35.9 cm³/mol. The third-order valence-corrected chi connectivity index (χ3v) is 1.69. The van der Waals surface area contributed by atoms with Crippen LogP contribution in [0.15, 0.2) is 0 Å². The second kappa shape index (κ2) is 3.16. The zero-order valence-corrected chi connectivity index (χ0v) is 5.65. The van der Waals surface area contributed by atoms with Crippen LogP contribution in [0.5, 0.6) is 0 Å². The summed E-state index contributed by atoms with van der Waals surface area (Å²) in [6, 6.07) is 0.